The molecule has 0 amide bonds. The highest BCUT2D eigenvalue weighted by molar-refractivity contribution is 9.10. The molecule has 58 valence electrons. The Hall–Kier alpha value is -0.410. The van der Waals surface area contributed by atoms with Gasteiger partial charge in [0.15, 0.2) is 0 Å². The molecule has 1 aromatic heterocycles. The molecule has 0 saturated carbocycles. The zero-order valence-electron chi connectivity index (χ0n) is 5.92. The van der Waals surface area contributed by atoms with Crippen LogP contribution in [0.1, 0.15) is 23.8 Å². The summed E-state index contributed by atoms with van der Waals surface area (Å²) in [7, 11) is 0. The van der Waals surface area contributed by atoms with E-state index in [0.717, 1.165) is 23.1 Å². The zero-order valence-corrected chi connectivity index (χ0v) is 7.50. The van der Waals surface area contributed by atoms with Crippen LogP contribution in [0.25, 0.3) is 0 Å². The van der Waals surface area contributed by atoms with Crippen molar-refractivity contribution >= 4 is 15.9 Å². The van der Waals surface area contributed by atoms with Gasteiger partial charge in [-0.1, -0.05) is 6.07 Å². The van der Waals surface area contributed by atoms with E-state index in [0.29, 0.717) is 0 Å². The molecule has 2 nitrogen and oxygen atoms in total. The number of aromatic nitrogens is 1. The molecule has 1 N–H and O–H groups in total. The van der Waals surface area contributed by atoms with Crippen molar-refractivity contribution in [3.8, 4) is 0 Å². The summed E-state index contributed by atoms with van der Waals surface area (Å²) in [5.74, 6) is 0. The summed E-state index contributed by atoms with van der Waals surface area (Å²) in [6, 6.07) is 3.93. The Morgan fingerprint density at radius 2 is 2.36 bits per heavy atom. The molecule has 1 aromatic rings. The van der Waals surface area contributed by atoms with Gasteiger partial charge in [-0.25, -0.2) is 4.98 Å². The number of hydrogen-bond acceptors (Lipinski definition) is 2. The topological polar surface area (TPSA) is 33.1 Å². The molecule has 3 heteroatoms. The van der Waals surface area contributed by atoms with Gasteiger partial charge < -0.3 is 5.11 Å². The van der Waals surface area contributed by atoms with Crippen LogP contribution in [0.15, 0.2) is 16.7 Å². The maximum Gasteiger partial charge on any atom is 0.106 e. The third-order valence-electron chi connectivity index (χ3n) is 1.98. The molecule has 1 atom stereocenters. The summed E-state index contributed by atoms with van der Waals surface area (Å²) in [4.78, 5) is 4.20. The van der Waals surface area contributed by atoms with Crippen molar-refractivity contribution < 1.29 is 5.11 Å². The highest BCUT2D eigenvalue weighted by Crippen LogP contribution is 2.29. The molecule has 0 saturated heterocycles. The van der Waals surface area contributed by atoms with Crippen molar-refractivity contribution in [2.24, 2.45) is 0 Å². The number of aliphatic hydroxyl groups excluding tert-OH is 1. The highest BCUT2D eigenvalue weighted by Gasteiger charge is 2.21. The summed E-state index contributed by atoms with van der Waals surface area (Å²) in [6.07, 6.45) is 1.43. The molecule has 0 aromatic carbocycles. The van der Waals surface area contributed by atoms with E-state index in [1.807, 2.05) is 12.1 Å². The number of pyridine rings is 1. The number of nitrogens with zero attached hydrogens (tertiary/aromatic N) is 1. The monoisotopic (exact) mass is 213 g/mol. The molecule has 0 aliphatic heterocycles. The van der Waals surface area contributed by atoms with Gasteiger partial charge in [0.05, 0.1) is 11.8 Å². The first-order valence-electron chi connectivity index (χ1n) is 3.61. The smallest absolute Gasteiger partial charge is 0.106 e. The molecular weight excluding hydrogens is 206 g/mol. The maximum atomic E-state index is 9.42. The second kappa shape index (κ2) is 2.57. The Kier molecular flexibility index (Phi) is 1.69. The van der Waals surface area contributed by atoms with Crippen LogP contribution in [0.3, 0.4) is 0 Å². The second-order valence-electron chi connectivity index (χ2n) is 2.73. The largest absolute Gasteiger partial charge is 0.387 e. The number of aryl methyl sites for hydroxylation is 1. The fourth-order valence-corrected chi connectivity index (χ4v) is 1.73. The van der Waals surface area contributed by atoms with E-state index in [9.17, 15) is 5.11 Å². The van der Waals surface area contributed by atoms with E-state index >= 15 is 0 Å². The van der Waals surface area contributed by atoms with Gasteiger partial charge in [0.25, 0.3) is 0 Å². The van der Waals surface area contributed by atoms with Crippen LogP contribution in [0, 0.1) is 0 Å². The Morgan fingerprint density at radius 3 is 3.18 bits per heavy atom. The summed E-state index contributed by atoms with van der Waals surface area (Å²) in [5.41, 5.74) is 2.03. The van der Waals surface area contributed by atoms with Crippen molar-refractivity contribution in [1.82, 2.24) is 4.98 Å². The number of halogens is 1. The third kappa shape index (κ3) is 1.19. The molecule has 2 rings (SSSR count). The van der Waals surface area contributed by atoms with E-state index in [1.54, 1.807) is 0 Å². The van der Waals surface area contributed by atoms with Gasteiger partial charge in [0, 0.05) is 0 Å². The van der Waals surface area contributed by atoms with E-state index in [2.05, 4.69) is 20.9 Å². The van der Waals surface area contributed by atoms with Crippen molar-refractivity contribution in [2.45, 2.75) is 18.9 Å². The van der Waals surface area contributed by atoms with Crippen molar-refractivity contribution in [3.63, 3.8) is 0 Å². The molecule has 0 unspecified atom stereocenters. The van der Waals surface area contributed by atoms with Crippen LogP contribution in [0.5, 0.6) is 0 Å². The molecule has 0 spiro atoms. The first-order chi connectivity index (χ1) is 5.27. The molecule has 0 bridgehead atoms. The Morgan fingerprint density at radius 1 is 1.55 bits per heavy atom. The zero-order chi connectivity index (χ0) is 7.84. The molecule has 1 aliphatic carbocycles. The second-order valence-corrected chi connectivity index (χ2v) is 3.55. The van der Waals surface area contributed by atoms with Crippen LogP contribution in [-0.2, 0) is 6.42 Å². The van der Waals surface area contributed by atoms with Crippen LogP contribution in [-0.4, -0.2) is 10.1 Å². The first kappa shape index (κ1) is 7.25. The van der Waals surface area contributed by atoms with Gasteiger partial charge in [-0.05, 0) is 40.4 Å². The SMILES string of the molecule is O[C@@H]1CCc2ccc(Br)nc21. The predicted molar refractivity (Wildman–Crippen MR) is 45.2 cm³/mol. The quantitative estimate of drug-likeness (QED) is 0.668. The van der Waals surface area contributed by atoms with Gasteiger partial charge in [0.2, 0.25) is 0 Å². The first-order valence-corrected chi connectivity index (χ1v) is 4.40. The lowest BCUT2D eigenvalue weighted by Gasteiger charge is -2.01. The summed E-state index contributed by atoms with van der Waals surface area (Å²) >= 11 is 3.27. The minimum atomic E-state index is -0.345. The van der Waals surface area contributed by atoms with Crippen molar-refractivity contribution in [1.29, 1.82) is 0 Å². The molecule has 0 radical (unpaired) electrons. The summed E-state index contributed by atoms with van der Waals surface area (Å²) in [5, 5.41) is 9.42. The lowest BCUT2D eigenvalue weighted by molar-refractivity contribution is 0.175. The fraction of sp³-hybridized carbons (Fsp3) is 0.375. The Labute approximate surface area is 73.4 Å². The molecule has 0 fully saturated rings. The van der Waals surface area contributed by atoms with Gasteiger partial charge >= 0.3 is 0 Å². The van der Waals surface area contributed by atoms with Crippen LogP contribution >= 0.6 is 15.9 Å². The molecule has 1 aliphatic rings. The predicted octanol–water partition coefficient (Wildman–Crippen LogP) is 1.82. The van der Waals surface area contributed by atoms with Gasteiger partial charge in [-0.2, -0.15) is 0 Å². The Bertz CT molecular complexity index is 287. The molecular formula is C8H8BrNO. The normalized spacial score (nSPS) is 21.8. The van der Waals surface area contributed by atoms with Gasteiger partial charge in [0.1, 0.15) is 4.60 Å². The average Bonchev–Trinajstić information content (AvgIpc) is 2.33. The number of rotatable bonds is 0. The number of aliphatic hydroxyl groups is 1. The Balaban J connectivity index is 2.52. The fourth-order valence-electron chi connectivity index (χ4n) is 1.41. The third-order valence-corrected chi connectivity index (χ3v) is 2.42. The van der Waals surface area contributed by atoms with E-state index in [4.69, 9.17) is 0 Å². The highest BCUT2D eigenvalue weighted by atomic mass is 79.9. The van der Waals surface area contributed by atoms with Crippen molar-refractivity contribution in [2.75, 3.05) is 0 Å². The van der Waals surface area contributed by atoms with Gasteiger partial charge in [-0.15, -0.1) is 0 Å². The van der Waals surface area contributed by atoms with Crippen LogP contribution in [0.4, 0.5) is 0 Å². The minimum Gasteiger partial charge on any atom is -0.387 e. The summed E-state index contributed by atoms with van der Waals surface area (Å²) < 4.78 is 0.803. The van der Waals surface area contributed by atoms with E-state index in [-0.39, 0.29) is 6.10 Å². The average molecular weight is 214 g/mol. The standard InChI is InChI=1S/C8H8BrNO/c9-7-4-2-5-1-3-6(11)8(5)10-7/h2,4,6,11H,1,3H2/t6-/m1/s1. The number of fused-ring (bicyclic) bond motifs is 1. The van der Waals surface area contributed by atoms with Crippen LogP contribution in [0.2, 0.25) is 0 Å². The van der Waals surface area contributed by atoms with Crippen molar-refractivity contribution in [3.05, 3.63) is 28.0 Å². The van der Waals surface area contributed by atoms with E-state index < -0.39 is 0 Å². The van der Waals surface area contributed by atoms with Gasteiger partial charge in [-0.3, -0.25) is 0 Å². The lowest BCUT2D eigenvalue weighted by Crippen LogP contribution is -1.94. The maximum absolute atomic E-state index is 9.42. The number of hydrogen-bond donors (Lipinski definition) is 1. The minimum absolute atomic E-state index is 0.345. The molecule has 1 heterocycles. The summed E-state index contributed by atoms with van der Waals surface area (Å²) in [6.45, 7) is 0. The lowest BCUT2D eigenvalue weighted by atomic mass is 10.2. The van der Waals surface area contributed by atoms with Crippen LogP contribution < -0.4 is 0 Å². The molecule has 11 heavy (non-hydrogen) atoms. The van der Waals surface area contributed by atoms with E-state index in [1.165, 1.54) is 5.56 Å².